The van der Waals surface area contributed by atoms with Crippen LogP contribution in [0.25, 0.3) is 0 Å². The van der Waals surface area contributed by atoms with Gasteiger partial charge in [-0.2, -0.15) is 0 Å². The second kappa shape index (κ2) is 11.2. The fourth-order valence-corrected chi connectivity index (χ4v) is 13.0. The van der Waals surface area contributed by atoms with Crippen LogP contribution in [0.2, 0.25) is 0 Å². The first kappa shape index (κ1) is 26.4. The molecule has 0 aliphatic carbocycles. The molecular weight excluding hydrogens is 554 g/mol. The Morgan fingerprint density at radius 1 is 0.605 bits per heavy atom. The van der Waals surface area contributed by atoms with Crippen molar-refractivity contribution in [2.24, 2.45) is 0 Å². The summed E-state index contributed by atoms with van der Waals surface area (Å²) in [5, 5.41) is 0.436. The monoisotopic (exact) mass is 584 g/mol. The summed E-state index contributed by atoms with van der Waals surface area (Å²) in [4.78, 5) is 0. The van der Waals surface area contributed by atoms with Crippen molar-refractivity contribution in [3.63, 3.8) is 0 Å². The van der Waals surface area contributed by atoms with Gasteiger partial charge in [0.1, 0.15) is 0 Å². The van der Waals surface area contributed by atoms with Crippen molar-refractivity contribution in [1.82, 2.24) is 0 Å². The van der Waals surface area contributed by atoms with Gasteiger partial charge in [-0.3, -0.25) is 0 Å². The summed E-state index contributed by atoms with van der Waals surface area (Å²) in [6.45, 7) is 0. The van der Waals surface area contributed by atoms with Crippen molar-refractivity contribution < 1.29 is 9.13 Å². The van der Waals surface area contributed by atoms with Gasteiger partial charge in [-0.1, -0.05) is 0 Å². The minimum atomic E-state index is -3.23. The molecule has 5 aromatic rings. The molecule has 1 nitrogen and oxygen atoms in total. The van der Waals surface area contributed by atoms with Gasteiger partial charge in [0, 0.05) is 0 Å². The molecule has 0 spiro atoms. The van der Waals surface area contributed by atoms with Crippen LogP contribution in [-0.4, -0.2) is 7.11 Å². The Balaban J connectivity index is 1.66. The SMILES string of the molecule is COc1ccc(CCc2ccc(F)cc2CP(Br)(c2ccccc2)(c2ccccc2)c2ccccc2)cc1. The molecule has 0 fully saturated rings. The molecule has 0 saturated heterocycles. The van der Waals surface area contributed by atoms with Gasteiger partial charge in [-0.25, -0.2) is 0 Å². The summed E-state index contributed by atoms with van der Waals surface area (Å²) in [6, 6.07) is 45.5. The fraction of sp³-hybridized carbons (Fsp3) is 0.118. The van der Waals surface area contributed by atoms with E-state index in [-0.39, 0.29) is 5.82 Å². The van der Waals surface area contributed by atoms with Crippen LogP contribution in [0.1, 0.15) is 16.7 Å². The van der Waals surface area contributed by atoms with Crippen LogP contribution in [0.15, 0.2) is 133 Å². The molecule has 0 heterocycles. The Kier molecular flexibility index (Phi) is 7.79. The molecule has 0 radical (unpaired) electrons. The van der Waals surface area contributed by atoms with E-state index in [0.29, 0.717) is 6.16 Å². The summed E-state index contributed by atoms with van der Waals surface area (Å²) in [5.74, 6) is 0.640. The van der Waals surface area contributed by atoms with Crippen LogP contribution in [0, 0.1) is 5.82 Å². The Morgan fingerprint density at radius 3 is 1.58 bits per heavy atom. The van der Waals surface area contributed by atoms with E-state index >= 15 is 0 Å². The predicted octanol–water partition coefficient (Wildman–Crippen LogP) is 7.96. The molecule has 0 amide bonds. The molecule has 5 rings (SSSR count). The van der Waals surface area contributed by atoms with Gasteiger partial charge in [-0.15, -0.1) is 0 Å². The molecule has 5 aromatic carbocycles. The summed E-state index contributed by atoms with van der Waals surface area (Å²) < 4.78 is 20.2. The van der Waals surface area contributed by atoms with Crippen molar-refractivity contribution in [2.75, 3.05) is 7.11 Å². The molecule has 0 aliphatic heterocycles. The zero-order valence-electron chi connectivity index (χ0n) is 21.4. The molecule has 0 unspecified atom stereocenters. The van der Waals surface area contributed by atoms with E-state index in [0.717, 1.165) is 24.2 Å². The zero-order chi connectivity index (χ0) is 26.5. The third-order valence-corrected chi connectivity index (χ3v) is 16.9. The number of hydrogen-bond acceptors (Lipinski definition) is 1. The van der Waals surface area contributed by atoms with Crippen molar-refractivity contribution in [2.45, 2.75) is 19.0 Å². The summed E-state index contributed by atoms with van der Waals surface area (Å²) in [6.07, 6.45) is 2.35. The molecule has 0 bridgehead atoms. The van der Waals surface area contributed by atoms with E-state index in [1.807, 2.05) is 18.2 Å². The Bertz CT molecular complexity index is 1390. The summed E-state index contributed by atoms with van der Waals surface area (Å²) in [5.41, 5.74) is 3.43. The van der Waals surface area contributed by atoms with E-state index in [4.69, 9.17) is 4.74 Å². The molecule has 38 heavy (non-hydrogen) atoms. The van der Waals surface area contributed by atoms with Crippen molar-refractivity contribution >= 4 is 36.7 Å². The van der Waals surface area contributed by atoms with Gasteiger partial charge in [-0.05, 0) is 0 Å². The number of ether oxygens (including phenoxy) is 1. The number of methoxy groups -OCH3 is 1. The first-order valence-electron chi connectivity index (χ1n) is 12.8. The standard InChI is InChI=1S/C34H31BrFOP/c1-37-31-23-18-27(19-24-31)17-20-28-21-22-30(36)25-29(28)26-38(35,32-11-5-2-6-12-32,33-13-7-3-8-14-33)34-15-9-4-10-16-34/h2-16,18-19,21-25H,17,20,26H2,1H3. The second-order valence-electron chi connectivity index (χ2n) is 9.61. The second-order valence-corrected chi connectivity index (χ2v) is 18.5. The summed E-state index contributed by atoms with van der Waals surface area (Å²) in [7, 11) is 1.68. The van der Waals surface area contributed by atoms with Crippen molar-refractivity contribution in [1.29, 1.82) is 0 Å². The number of aryl methyl sites for hydroxylation is 2. The fourth-order valence-electron chi connectivity index (χ4n) is 5.31. The van der Waals surface area contributed by atoms with Gasteiger partial charge in [0.2, 0.25) is 0 Å². The third-order valence-electron chi connectivity index (χ3n) is 7.36. The van der Waals surface area contributed by atoms with Gasteiger partial charge in [0.15, 0.2) is 0 Å². The number of halogens is 2. The molecular formula is C34H31BrFOP. The van der Waals surface area contributed by atoms with Crippen LogP contribution in [-0.2, 0) is 19.0 Å². The first-order chi connectivity index (χ1) is 18.5. The minimum absolute atomic E-state index is 0.208. The van der Waals surface area contributed by atoms with Gasteiger partial charge >= 0.3 is 234 Å². The molecule has 0 atom stereocenters. The van der Waals surface area contributed by atoms with Crippen LogP contribution in [0.4, 0.5) is 4.39 Å². The van der Waals surface area contributed by atoms with Crippen molar-refractivity contribution in [3.8, 4) is 5.75 Å². The van der Waals surface area contributed by atoms with E-state index in [1.54, 1.807) is 19.2 Å². The summed E-state index contributed by atoms with van der Waals surface area (Å²) >= 11 is 4.52. The number of benzene rings is 5. The number of rotatable bonds is 9. The van der Waals surface area contributed by atoms with Crippen molar-refractivity contribution in [3.05, 3.63) is 156 Å². The molecule has 192 valence electrons. The zero-order valence-corrected chi connectivity index (χ0v) is 23.9. The molecule has 4 heteroatoms. The van der Waals surface area contributed by atoms with Gasteiger partial charge in [0.05, 0.1) is 0 Å². The van der Waals surface area contributed by atoms with E-state index < -0.39 is 5.31 Å². The van der Waals surface area contributed by atoms with Crippen LogP contribution < -0.4 is 20.7 Å². The van der Waals surface area contributed by atoms with E-state index in [9.17, 15) is 4.39 Å². The van der Waals surface area contributed by atoms with Gasteiger partial charge < -0.3 is 0 Å². The van der Waals surface area contributed by atoms with E-state index in [2.05, 4.69) is 119 Å². The Morgan fingerprint density at radius 2 is 1.11 bits per heavy atom. The Hall–Kier alpha value is -3.26. The molecule has 0 saturated carbocycles. The topological polar surface area (TPSA) is 9.23 Å². The molecule has 0 aliphatic rings. The number of hydrogen-bond donors (Lipinski definition) is 0. The predicted molar refractivity (Wildman–Crippen MR) is 165 cm³/mol. The Labute approximate surface area is 233 Å². The third kappa shape index (κ3) is 5.06. The maximum atomic E-state index is 14.9. The molecule has 0 N–H and O–H groups in total. The normalized spacial score (nSPS) is 12.4. The van der Waals surface area contributed by atoms with Crippen LogP contribution >= 0.6 is 20.8 Å². The average molecular weight is 585 g/mol. The maximum absolute atomic E-state index is 14.9. The van der Waals surface area contributed by atoms with Crippen LogP contribution in [0.3, 0.4) is 0 Å². The molecule has 0 aromatic heterocycles. The van der Waals surface area contributed by atoms with E-state index in [1.165, 1.54) is 27.0 Å². The average Bonchev–Trinajstić information content (AvgIpc) is 2.98. The first-order valence-corrected chi connectivity index (χ1v) is 17.2. The van der Waals surface area contributed by atoms with Gasteiger partial charge in [0.25, 0.3) is 0 Å². The van der Waals surface area contributed by atoms with Crippen LogP contribution in [0.5, 0.6) is 5.75 Å². The quantitative estimate of drug-likeness (QED) is 0.160.